The molecule has 20 heavy (non-hydrogen) atoms. The Morgan fingerprint density at radius 1 is 1.15 bits per heavy atom. The average molecular weight is 327 g/mol. The summed E-state index contributed by atoms with van der Waals surface area (Å²) in [5.41, 5.74) is 8.07. The van der Waals surface area contributed by atoms with Gasteiger partial charge in [0.1, 0.15) is 10.7 Å². The third kappa shape index (κ3) is 3.39. The van der Waals surface area contributed by atoms with Crippen LogP contribution >= 0.6 is 35.4 Å². The first-order chi connectivity index (χ1) is 9.36. The predicted octanol–water partition coefficient (Wildman–Crippen LogP) is 4.43. The Labute approximate surface area is 132 Å². The Morgan fingerprint density at radius 3 is 2.30 bits per heavy atom. The Hall–Kier alpha value is -1.36. The van der Waals surface area contributed by atoms with Crippen molar-refractivity contribution in [3.05, 3.63) is 51.1 Å². The van der Waals surface area contributed by atoms with Crippen molar-refractivity contribution in [2.75, 3.05) is 0 Å². The van der Waals surface area contributed by atoms with Crippen LogP contribution in [-0.2, 0) is 0 Å². The minimum atomic E-state index is 0.234. The van der Waals surface area contributed by atoms with E-state index in [9.17, 15) is 0 Å². The second-order valence-electron chi connectivity index (χ2n) is 4.33. The molecule has 0 fully saturated rings. The SMILES string of the molecule is Cc1cc(C)c(C(N)=S)c(Oc2cc(Cl)cc(Cl)c2)n1. The number of benzene rings is 1. The fourth-order valence-corrected chi connectivity index (χ4v) is 2.63. The number of rotatable bonds is 3. The van der Waals surface area contributed by atoms with Gasteiger partial charge in [-0.05, 0) is 43.7 Å². The minimum Gasteiger partial charge on any atom is -0.438 e. The lowest BCUT2D eigenvalue weighted by Crippen LogP contribution is -2.14. The van der Waals surface area contributed by atoms with E-state index >= 15 is 0 Å². The van der Waals surface area contributed by atoms with Crippen LogP contribution in [0.4, 0.5) is 0 Å². The topological polar surface area (TPSA) is 48.1 Å². The average Bonchev–Trinajstić information content (AvgIpc) is 2.25. The lowest BCUT2D eigenvalue weighted by molar-refractivity contribution is 0.460. The molecular weight excluding hydrogens is 315 g/mol. The van der Waals surface area contributed by atoms with Crippen LogP contribution in [0.3, 0.4) is 0 Å². The molecule has 2 rings (SSSR count). The lowest BCUT2D eigenvalue weighted by Gasteiger charge is -2.13. The zero-order chi connectivity index (χ0) is 14.9. The molecule has 1 aromatic carbocycles. The Bertz CT molecular complexity index is 669. The van der Waals surface area contributed by atoms with Gasteiger partial charge in [-0.25, -0.2) is 4.98 Å². The molecule has 1 aromatic heterocycles. The summed E-state index contributed by atoms with van der Waals surface area (Å²) in [6.07, 6.45) is 0. The number of hydrogen-bond acceptors (Lipinski definition) is 3. The van der Waals surface area contributed by atoms with Crippen molar-refractivity contribution in [1.82, 2.24) is 4.98 Å². The summed E-state index contributed by atoms with van der Waals surface area (Å²) in [5.74, 6) is 0.839. The molecule has 3 nitrogen and oxygen atoms in total. The normalized spacial score (nSPS) is 10.4. The van der Waals surface area contributed by atoms with Gasteiger partial charge in [-0.3, -0.25) is 0 Å². The Morgan fingerprint density at radius 2 is 1.75 bits per heavy atom. The third-order valence-electron chi connectivity index (χ3n) is 2.61. The summed E-state index contributed by atoms with van der Waals surface area (Å²) >= 11 is 16.9. The molecule has 0 amide bonds. The minimum absolute atomic E-state index is 0.234. The van der Waals surface area contributed by atoms with Crippen molar-refractivity contribution >= 4 is 40.4 Å². The molecule has 0 saturated carbocycles. The van der Waals surface area contributed by atoms with Crippen LogP contribution < -0.4 is 10.5 Å². The first-order valence-corrected chi connectivity index (χ1v) is 6.95. The summed E-state index contributed by atoms with van der Waals surface area (Å²) < 4.78 is 5.75. The first-order valence-electron chi connectivity index (χ1n) is 5.79. The van der Waals surface area contributed by atoms with E-state index < -0.39 is 0 Å². The molecular formula is C14H12Cl2N2OS. The highest BCUT2D eigenvalue weighted by Gasteiger charge is 2.14. The molecule has 0 bridgehead atoms. The molecule has 0 atom stereocenters. The number of nitrogens with two attached hydrogens (primary N) is 1. The molecule has 2 N–H and O–H groups in total. The van der Waals surface area contributed by atoms with Gasteiger partial charge in [0, 0.05) is 15.7 Å². The largest absolute Gasteiger partial charge is 0.438 e. The summed E-state index contributed by atoms with van der Waals surface area (Å²) in [7, 11) is 0. The number of hydrogen-bond donors (Lipinski definition) is 1. The Kier molecular flexibility index (Phi) is 4.48. The predicted molar refractivity (Wildman–Crippen MR) is 86.1 cm³/mol. The molecule has 2 aromatic rings. The standard InChI is InChI=1S/C14H12Cl2N2OS/c1-7-3-8(2)18-14(12(7)13(17)20)19-11-5-9(15)4-10(16)6-11/h3-6H,1-2H3,(H2,17,20). The van der Waals surface area contributed by atoms with Crippen LogP contribution in [0.5, 0.6) is 11.6 Å². The van der Waals surface area contributed by atoms with Crippen LogP contribution in [0.25, 0.3) is 0 Å². The van der Waals surface area contributed by atoms with E-state index in [1.54, 1.807) is 18.2 Å². The lowest BCUT2D eigenvalue weighted by atomic mass is 10.1. The van der Waals surface area contributed by atoms with Gasteiger partial charge >= 0.3 is 0 Å². The van der Waals surface area contributed by atoms with Crippen molar-refractivity contribution in [1.29, 1.82) is 0 Å². The summed E-state index contributed by atoms with van der Waals surface area (Å²) in [6, 6.07) is 6.82. The van der Waals surface area contributed by atoms with Gasteiger partial charge in [0.15, 0.2) is 0 Å². The van der Waals surface area contributed by atoms with Gasteiger partial charge in [0.2, 0.25) is 5.88 Å². The summed E-state index contributed by atoms with van der Waals surface area (Å²) in [4.78, 5) is 4.57. The number of aryl methyl sites for hydroxylation is 2. The maximum atomic E-state index is 5.95. The molecule has 0 aliphatic rings. The molecule has 0 saturated heterocycles. The summed E-state index contributed by atoms with van der Waals surface area (Å²) in [5, 5.41) is 0.961. The van der Waals surface area contributed by atoms with E-state index in [4.69, 9.17) is 45.9 Å². The van der Waals surface area contributed by atoms with E-state index in [1.165, 1.54) is 0 Å². The van der Waals surface area contributed by atoms with Crippen molar-refractivity contribution in [2.45, 2.75) is 13.8 Å². The third-order valence-corrected chi connectivity index (χ3v) is 3.25. The molecule has 0 unspecified atom stereocenters. The molecule has 0 aliphatic heterocycles. The number of aromatic nitrogens is 1. The van der Waals surface area contributed by atoms with Crippen LogP contribution in [-0.4, -0.2) is 9.97 Å². The summed E-state index contributed by atoms with van der Waals surface area (Å²) in [6.45, 7) is 3.77. The van der Waals surface area contributed by atoms with Crippen LogP contribution in [0, 0.1) is 13.8 Å². The van der Waals surface area contributed by atoms with Gasteiger partial charge in [0.25, 0.3) is 0 Å². The van der Waals surface area contributed by atoms with Crippen molar-refractivity contribution < 1.29 is 4.74 Å². The molecule has 104 valence electrons. The van der Waals surface area contributed by atoms with Gasteiger partial charge in [-0.15, -0.1) is 0 Å². The second kappa shape index (κ2) is 5.95. The van der Waals surface area contributed by atoms with Crippen LogP contribution in [0.2, 0.25) is 10.0 Å². The number of ether oxygens (including phenoxy) is 1. The van der Waals surface area contributed by atoms with E-state index in [0.717, 1.165) is 11.3 Å². The highest BCUT2D eigenvalue weighted by atomic mass is 35.5. The van der Waals surface area contributed by atoms with Crippen molar-refractivity contribution in [3.8, 4) is 11.6 Å². The fourth-order valence-electron chi connectivity index (χ4n) is 1.88. The van der Waals surface area contributed by atoms with E-state index in [-0.39, 0.29) is 4.99 Å². The molecule has 1 heterocycles. The van der Waals surface area contributed by atoms with Crippen molar-refractivity contribution in [3.63, 3.8) is 0 Å². The zero-order valence-corrected chi connectivity index (χ0v) is 13.2. The first kappa shape index (κ1) is 15.0. The Balaban J connectivity index is 2.49. The van der Waals surface area contributed by atoms with Gasteiger partial charge in [-0.2, -0.15) is 0 Å². The van der Waals surface area contributed by atoms with Crippen LogP contribution in [0.1, 0.15) is 16.8 Å². The second-order valence-corrected chi connectivity index (χ2v) is 5.64. The van der Waals surface area contributed by atoms with E-state index in [2.05, 4.69) is 4.98 Å². The monoisotopic (exact) mass is 326 g/mol. The molecule has 6 heteroatoms. The quantitative estimate of drug-likeness (QED) is 0.847. The molecule has 0 aliphatic carbocycles. The van der Waals surface area contributed by atoms with Crippen LogP contribution in [0.15, 0.2) is 24.3 Å². The number of thiocarbonyl (C=S) groups is 1. The van der Waals surface area contributed by atoms with Gasteiger partial charge < -0.3 is 10.5 Å². The molecule has 0 radical (unpaired) electrons. The van der Waals surface area contributed by atoms with Gasteiger partial charge in [0.05, 0.1) is 5.56 Å². The maximum absolute atomic E-state index is 5.95. The fraction of sp³-hybridized carbons (Fsp3) is 0.143. The van der Waals surface area contributed by atoms with E-state index in [0.29, 0.717) is 27.2 Å². The van der Waals surface area contributed by atoms with E-state index in [1.807, 2.05) is 19.9 Å². The highest BCUT2D eigenvalue weighted by Crippen LogP contribution is 2.30. The van der Waals surface area contributed by atoms with Gasteiger partial charge in [-0.1, -0.05) is 35.4 Å². The number of pyridine rings is 1. The smallest absolute Gasteiger partial charge is 0.229 e. The molecule has 0 spiro atoms. The highest BCUT2D eigenvalue weighted by molar-refractivity contribution is 7.80. The number of nitrogens with zero attached hydrogens (tertiary/aromatic N) is 1. The number of halogens is 2. The maximum Gasteiger partial charge on any atom is 0.229 e. The zero-order valence-electron chi connectivity index (χ0n) is 10.9. The van der Waals surface area contributed by atoms with Crippen molar-refractivity contribution in [2.24, 2.45) is 5.73 Å².